The van der Waals surface area contributed by atoms with Gasteiger partial charge in [-0.2, -0.15) is 0 Å². The molecular formula is C21H24N2O6. The molecule has 0 bridgehead atoms. The third-order valence-electron chi connectivity index (χ3n) is 4.07. The number of aryl methyl sites for hydroxylation is 3. The van der Waals surface area contributed by atoms with Gasteiger partial charge in [0, 0.05) is 13.3 Å². The second kappa shape index (κ2) is 10.3. The molecular weight excluding hydrogens is 376 g/mol. The maximum atomic E-state index is 12.2. The highest BCUT2D eigenvalue weighted by Crippen LogP contribution is 2.19. The quantitative estimate of drug-likeness (QED) is 0.378. The van der Waals surface area contributed by atoms with Crippen LogP contribution in [0.5, 0.6) is 5.75 Å². The van der Waals surface area contributed by atoms with E-state index in [9.17, 15) is 14.4 Å². The van der Waals surface area contributed by atoms with Crippen molar-refractivity contribution in [3.8, 4) is 5.75 Å². The number of rotatable bonds is 8. The first-order chi connectivity index (χ1) is 13.8. The van der Waals surface area contributed by atoms with E-state index in [4.69, 9.17) is 14.2 Å². The Labute approximate surface area is 169 Å². The van der Waals surface area contributed by atoms with E-state index in [1.165, 1.54) is 19.1 Å². The maximum absolute atomic E-state index is 12.2. The molecule has 0 aliphatic heterocycles. The van der Waals surface area contributed by atoms with Gasteiger partial charge in [0.15, 0.2) is 0 Å². The van der Waals surface area contributed by atoms with Gasteiger partial charge in [-0.15, -0.1) is 0 Å². The predicted octanol–water partition coefficient (Wildman–Crippen LogP) is 3.01. The predicted molar refractivity (Wildman–Crippen MR) is 103 cm³/mol. The normalized spacial score (nSPS) is 10.3. The van der Waals surface area contributed by atoms with Crippen molar-refractivity contribution in [1.82, 2.24) is 9.97 Å². The van der Waals surface area contributed by atoms with Crippen molar-refractivity contribution in [2.24, 2.45) is 0 Å². The van der Waals surface area contributed by atoms with Gasteiger partial charge in [-0.1, -0.05) is 12.1 Å². The summed E-state index contributed by atoms with van der Waals surface area (Å²) in [5.41, 5.74) is 3.13. The van der Waals surface area contributed by atoms with E-state index < -0.39 is 17.9 Å². The van der Waals surface area contributed by atoms with E-state index in [0.717, 1.165) is 17.1 Å². The van der Waals surface area contributed by atoms with Crippen LogP contribution in [0.4, 0.5) is 0 Å². The lowest BCUT2D eigenvalue weighted by molar-refractivity contribution is -0.145. The summed E-state index contributed by atoms with van der Waals surface area (Å²) < 4.78 is 15.4. The molecule has 1 aromatic heterocycles. The minimum absolute atomic E-state index is 0.0326. The first-order valence-electron chi connectivity index (χ1n) is 9.19. The Kier molecular flexibility index (Phi) is 7.82. The van der Waals surface area contributed by atoms with E-state index in [-0.39, 0.29) is 30.9 Å². The van der Waals surface area contributed by atoms with Crippen molar-refractivity contribution in [3.05, 3.63) is 52.6 Å². The van der Waals surface area contributed by atoms with Crippen molar-refractivity contribution >= 4 is 17.9 Å². The zero-order valence-electron chi connectivity index (χ0n) is 17.0. The fourth-order valence-corrected chi connectivity index (χ4v) is 2.46. The highest BCUT2D eigenvalue weighted by Gasteiger charge is 2.15. The Bertz CT molecular complexity index is 910. The summed E-state index contributed by atoms with van der Waals surface area (Å²) in [5, 5.41) is 0. The molecule has 0 N–H and O–H groups in total. The monoisotopic (exact) mass is 400 g/mol. The smallest absolute Gasteiger partial charge is 0.341 e. The number of nitrogens with zero attached hydrogens (tertiary/aromatic N) is 2. The highest BCUT2D eigenvalue weighted by molar-refractivity contribution is 5.93. The van der Waals surface area contributed by atoms with Crippen LogP contribution in [0.1, 0.15) is 52.9 Å². The first-order valence-corrected chi connectivity index (χ1v) is 9.19. The molecule has 0 unspecified atom stereocenters. The lowest BCUT2D eigenvalue weighted by Gasteiger charge is -2.10. The highest BCUT2D eigenvalue weighted by atomic mass is 16.5. The molecule has 0 saturated heterocycles. The van der Waals surface area contributed by atoms with Crippen LogP contribution in [0.15, 0.2) is 24.3 Å². The van der Waals surface area contributed by atoms with Gasteiger partial charge < -0.3 is 14.2 Å². The lowest BCUT2D eigenvalue weighted by Crippen LogP contribution is -2.13. The second-order valence-electron chi connectivity index (χ2n) is 6.42. The molecule has 2 rings (SSSR count). The second-order valence-corrected chi connectivity index (χ2v) is 6.42. The van der Waals surface area contributed by atoms with Crippen LogP contribution in [0.25, 0.3) is 0 Å². The van der Waals surface area contributed by atoms with Crippen LogP contribution < -0.4 is 4.74 Å². The molecule has 8 heteroatoms. The number of benzene rings is 1. The average molecular weight is 400 g/mol. The van der Waals surface area contributed by atoms with Crippen LogP contribution in [0.3, 0.4) is 0 Å². The number of esters is 3. The van der Waals surface area contributed by atoms with Gasteiger partial charge in [-0.25, -0.2) is 4.79 Å². The number of para-hydroxylation sites is 1. The summed E-state index contributed by atoms with van der Waals surface area (Å²) in [7, 11) is 0. The summed E-state index contributed by atoms with van der Waals surface area (Å²) in [4.78, 5) is 43.9. The Morgan fingerprint density at radius 1 is 0.931 bits per heavy atom. The molecule has 0 radical (unpaired) electrons. The third kappa shape index (κ3) is 6.67. The number of carbonyl (C=O) groups excluding carboxylic acids is 3. The lowest BCUT2D eigenvalue weighted by atomic mass is 10.2. The first kappa shape index (κ1) is 22.0. The molecule has 154 valence electrons. The molecule has 0 spiro atoms. The van der Waals surface area contributed by atoms with E-state index >= 15 is 0 Å². The van der Waals surface area contributed by atoms with Gasteiger partial charge in [-0.3, -0.25) is 19.6 Å². The maximum Gasteiger partial charge on any atom is 0.341 e. The van der Waals surface area contributed by atoms with Crippen LogP contribution >= 0.6 is 0 Å². The fraction of sp³-hybridized carbons (Fsp3) is 0.381. The fourth-order valence-electron chi connectivity index (χ4n) is 2.46. The van der Waals surface area contributed by atoms with Gasteiger partial charge in [0.1, 0.15) is 17.9 Å². The zero-order chi connectivity index (χ0) is 21.4. The Balaban J connectivity index is 1.76. The molecule has 29 heavy (non-hydrogen) atoms. The number of carbonyl (C=O) groups is 3. The SMILES string of the molecule is CC(=O)Oc1ccccc1C(=O)OCCCC(=O)OCc1nc(C)c(C)nc1C. The van der Waals surface area contributed by atoms with Crippen LogP contribution in [-0.2, 0) is 25.7 Å². The minimum Gasteiger partial charge on any atom is -0.462 e. The number of hydrogen-bond donors (Lipinski definition) is 0. The Morgan fingerprint density at radius 2 is 1.62 bits per heavy atom. The molecule has 0 aliphatic rings. The van der Waals surface area contributed by atoms with Gasteiger partial charge in [0.2, 0.25) is 0 Å². The van der Waals surface area contributed by atoms with Crippen molar-refractivity contribution in [2.75, 3.05) is 6.61 Å². The molecule has 0 amide bonds. The van der Waals surface area contributed by atoms with Crippen molar-refractivity contribution < 1.29 is 28.6 Å². The Morgan fingerprint density at radius 3 is 2.34 bits per heavy atom. The van der Waals surface area contributed by atoms with Crippen LogP contribution in [0.2, 0.25) is 0 Å². The van der Waals surface area contributed by atoms with Crippen molar-refractivity contribution in [2.45, 2.75) is 47.1 Å². The molecule has 0 atom stereocenters. The van der Waals surface area contributed by atoms with Gasteiger partial charge in [0.05, 0.1) is 29.4 Å². The molecule has 2 aromatic rings. The molecule has 0 aliphatic carbocycles. The van der Waals surface area contributed by atoms with Crippen LogP contribution in [0, 0.1) is 20.8 Å². The summed E-state index contributed by atoms with van der Waals surface area (Å²) in [6.07, 6.45) is 0.397. The van der Waals surface area contributed by atoms with Crippen molar-refractivity contribution in [1.29, 1.82) is 0 Å². The zero-order valence-corrected chi connectivity index (χ0v) is 17.0. The van der Waals surface area contributed by atoms with Crippen LogP contribution in [-0.4, -0.2) is 34.5 Å². The number of ether oxygens (including phenoxy) is 3. The third-order valence-corrected chi connectivity index (χ3v) is 4.07. The summed E-state index contributed by atoms with van der Waals surface area (Å²) in [5.74, 6) is -1.44. The van der Waals surface area contributed by atoms with Crippen molar-refractivity contribution in [3.63, 3.8) is 0 Å². The average Bonchev–Trinajstić information content (AvgIpc) is 2.67. The van der Waals surface area contributed by atoms with E-state index in [1.807, 2.05) is 20.8 Å². The number of aromatic nitrogens is 2. The topological polar surface area (TPSA) is 105 Å². The Hall–Kier alpha value is -3.29. The minimum atomic E-state index is -0.628. The van der Waals surface area contributed by atoms with E-state index in [1.54, 1.807) is 12.1 Å². The molecule has 1 heterocycles. The van der Waals surface area contributed by atoms with Gasteiger partial charge in [0.25, 0.3) is 0 Å². The number of hydrogen-bond acceptors (Lipinski definition) is 8. The van der Waals surface area contributed by atoms with E-state index in [2.05, 4.69) is 9.97 Å². The molecule has 0 saturated carbocycles. The summed E-state index contributed by atoms with van der Waals surface area (Å²) in [6.45, 7) is 6.87. The van der Waals surface area contributed by atoms with Gasteiger partial charge >= 0.3 is 17.9 Å². The largest absolute Gasteiger partial charge is 0.462 e. The van der Waals surface area contributed by atoms with Gasteiger partial charge in [-0.05, 0) is 39.3 Å². The molecule has 8 nitrogen and oxygen atoms in total. The summed E-state index contributed by atoms with van der Waals surface area (Å²) >= 11 is 0. The standard InChI is InChI=1S/C21H24N2O6/c1-13-14(2)23-18(15(3)22-13)12-28-20(25)10-7-11-27-21(26)17-8-5-6-9-19(17)29-16(4)24/h5-6,8-9H,7,10-12H2,1-4H3. The molecule has 0 fully saturated rings. The van der Waals surface area contributed by atoms with E-state index in [0.29, 0.717) is 12.1 Å². The molecule has 1 aromatic carbocycles. The summed E-state index contributed by atoms with van der Waals surface area (Å²) in [6, 6.07) is 6.29.